The van der Waals surface area contributed by atoms with Gasteiger partial charge in [-0.25, -0.2) is 4.39 Å². The highest BCUT2D eigenvalue weighted by molar-refractivity contribution is 6.40. The molecular weight excluding hydrogens is 271 g/mol. The summed E-state index contributed by atoms with van der Waals surface area (Å²) >= 11 is 0. The highest BCUT2D eigenvalue weighted by atomic mass is 19.1. The monoisotopic (exact) mass is 292 g/mol. The van der Waals surface area contributed by atoms with Gasteiger partial charge in [0.15, 0.2) is 0 Å². The summed E-state index contributed by atoms with van der Waals surface area (Å²) < 4.78 is 13.7. The third-order valence-corrected chi connectivity index (χ3v) is 3.75. The lowest BCUT2D eigenvalue weighted by molar-refractivity contribution is -0.146. The van der Waals surface area contributed by atoms with Crippen LogP contribution in [0.25, 0.3) is 0 Å². The lowest BCUT2D eigenvalue weighted by Crippen LogP contribution is -2.50. The van der Waals surface area contributed by atoms with E-state index in [1.807, 2.05) is 27.7 Å². The van der Waals surface area contributed by atoms with Gasteiger partial charge < -0.3 is 9.80 Å². The van der Waals surface area contributed by atoms with E-state index in [-0.39, 0.29) is 17.9 Å². The van der Waals surface area contributed by atoms with Crippen LogP contribution in [0.2, 0.25) is 0 Å². The first-order valence-corrected chi connectivity index (χ1v) is 7.26. The average molecular weight is 292 g/mol. The Morgan fingerprint density at radius 2 is 1.81 bits per heavy atom. The van der Waals surface area contributed by atoms with Crippen molar-refractivity contribution in [1.82, 2.24) is 4.90 Å². The molecule has 1 heterocycles. The summed E-state index contributed by atoms with van der Waals surface area (Å²) in [7, 11) is 0. The number of rotatable bonds is 2. The molecule has 2 rings (SSSR count). The van der Waals surface area contributed by atoms with E-state index in [0.29, 0.717) is 24.2 Å². The van der Waals surface area contributed by atoms with Crippen LogP contribution in [-0.2, 0) is 16.0 Å². The quantitative estimate of drug-likeness (QED) is 0.785. The minimum absolute atomic E-state index is 0.0592. The smallest absolute Gasteiger partial charge is 0.316 e. The van der Waals surface area contributed by atoms with Gasteiger partial charge in [-0.15, -0.1) is 0 Å². The summed E-state index contributed by atoms with van der Waals surface area (Å²) in [6, 6.07) is 4.51. The van der Waals surface area contributed by atoms with E-state index in [1.54, 1.807) is 17.0 Å². The van der Waals surface area contributed by atoms with Gasteiger partial charge in [-0.1, -0.05) is 6.07 Å². The molecule has 2 amide bonds. The Balaban J connectivity index is 2.27. The summed E-state index contributed by atoms with van der Waals surface area (Å²) in [5, 5.41) is 0. The number of halogens is 1. The molecule has 1 aliphatic rings. The standard InChI is InChI=1S/C16H21FN2O2/c1-10(2)19(11(3)4)16(21)15(20)18-9-8-12-13(17)6-5-7-14(12)18/h5-7,10-11H,8-9H2,1-4H3. The molecule has 5 heteroatoms. The van der Waals surface area contributed by atoms with Gasteiger partial charge in [0.05, 0.1) is 5.69 Å². The maximum absolute atomic E-state index is 13.7. The zero-order chi connectivity index (χ0) is 15.7. The van der Waals surface area contributed by atoms with Gasteiger partial charge in [-0.3, -0.25) is 9.59 Å². The van der Waals surface area contributed by atoms with Crippen molar-refractivity contribution in [3.63, 3.8) is 0 Å². The molecule has 0 saturated heterocycles. The Kier molecular flexibility index (Phi) is 4.30. The Hall–Kier alpha value is -1.91. The fourth-order valence-electron chi connectivity index (χ4n) is 2.89. The van der Waals surface area contributed by atoms with Crippen molar-refractivity contribution >= 4 is 17.5 Å². The Morgan fingerprint density at radius 3 is 2.38 bits per heavy atom. The molecule has 1 aromatic rings. The van der Waals surface area contributed by atoms with E-state index in [4.69, 9.17) is 0 Å². The highest BCUT2D eigenvalue weighted by Gasteiger charge is 2.34. The van der Waals surface area contributed by atoms with Gasteiger partial charge in [0.2, 0.25) is 0 Å². The average Bonchev–Trinajstić information content (AvgIpc) is 2.82. The van der Waals surface area contributed by atoms with E-state index >= 15 is 0 Å². The highest BCUT2D eigenvalue weighted by Crippen LogP contribution is 2.30. The molecule has 21 heavy (non-hydrogen) atoms. The van der Waals surface area contributed by atoms with Crippen molar-refractivity contribution in [2.75, 3.05) is 11.4 Å². The van der Waals surface area contributed by atoms with Crippen LogP contribution in [0.5, 0.6) is 0 Å². The predicted octanol–water partition coefficient (Wildman–Crippen LogP) is 2.36. The second kappa shape index (κ2) is 5.84. The Bertz CT molecular complexity index is 561. The number of carbonyl (C=O) groups is 2. The normalized spacial score (nSPS) is 13.8. The van der Waals surface area contributed by atoms with Crippen LogP contribution in [0.1, 0.15) is 33.3 Å². The maximum atomic E-state index is 13.7. The van der Waals surface area contributed by atoms with Crippen molar-refractivity contribution in [3.05, 3.63) is 29.6 Å². The molecule has 1 aliphatic heterocycles. The van der Waals surface area contributed by atoms with Crippen molar-refractivity contribution in [1.29, 1.82) is 0 Å². The number of fused-ring (bicyclic) bond motifs is 1. The van der Waals surface area contributed by atoms with Crippen LogP contribution in [0.15, 0.2) is 18.2 Å². The molecule has 0 aliphatic carbocycles. The van der Waals surface area contributed by atoms with Crippen LogP contribution in [0, 0.1) is 5.82 Å². The molecular formula is C16H21FN2O2. The van der Waals surface area contributed by atoms with Crippen LogP contribution < -0.4 is 4.90 Å². The summed E-state index contributed by atoms with van der Waals surface area (Å²) in [4.78, 5) is 27.9. The van der Waals surface area contributed by atoms with Crippen LogP contribution >= 0.6 is 0 Å². The van der Waals surface area contributed by atoms with Gasteiger partial charge in [0.1, 0.15) is 5.82 Å². The van der Waals surface area contributed by atoms with Gasteiger partial charge in [0.25, 0.3) is 0 Å². The van der Waals surface area contributed by atoms with Crippen LogP contribution in [0.4, 0.5) is 10.1 Å². The van der Waals surface area contributed by atoms with Crippen LogP contribution in [-0.4, -0.2) is 35.3 Å². The molecule has 114 valence electrons. The number of carbonyl (C=O) groups excluding carboxylic acids is 2. The van der Waals surface area contributed by atoms with Gasteiger partial charge in [-0.05, 0) is 46.2 Å². The maximum Gasteiger partial charge on any atom is 0.316 e. The first-order valence-electron chi connectivity index (χ1n) is 7.26. The van der Waals surface area contributed by atoms with E-state index < -0.39 is 11.8 Å². The minimum atomic E-state index is -0.582. The number of anilines is 1. The lowest BCUT2D eigenvalue weighted by Gasteiger charge is -2.31. The molecule has 0 unspecified atom stereocenters. The number of benzene rings is 1. The molecule has 0 spiro atoms. The van der Waals surface area contributed by atoms with Gasteiger partial charge in [-0.2, -0.15) is 0 Å². The van der Waals surface area contributed by atoms with Gasteiger partial charge in [0, 0.05) is 24.2 Å². The molecule has 4 nitrogen and oxygen atoms in total. The van der Waals surface area contributed by atoms with E-state index in [0.717, 1.165) is 0 Å². The van der Waals surface area contributed by atoms with E-state index in [2.05, 4.69) is 0 Å². The second-order valence-electron chi connectivity index (χ2n) is 5.84. The van der Waals surface area contributed by atoms with Gasteiger partial charge >= 0.3 is 11.8 Å². The number of hydrogen-bond donors (Lipinski definition) is 0. The first kappa shape index (κ1) is 15.5. The molecule has 0 saturated carbocycles. The molecule has 0 N–H and O–H groups in total. The third kappa shape index (κ3) is 2.77. The fourth-order valence-corrected chi connectivity index (χ4v) is 2.89. The largest absolute Gasteiger partial charge is 0.330 e. The van der Waals surface area contributed by atoms with Crippen molar-refractivity contribution in [2.24, 2.45) is 0 Å². The van der Waals surface area contributed by atoms with Crippen molar-refractivity contribution < 1.29 is 14.0 Å². The molecule has 0 aromatic heterocycles. The third-order valence-electron chi connectivity index (χ3n) is 3.75. The molecule has 0 radical (unpaired) electrons. The predicted molar refractivity (Wildman–Crippen MR) is 79.6 cm³/mol. The van der Waals surface area contributed by atoms with E-state index in [1.165, 1.54) is 11.0 Å². The van der Waals surface area contributed by atoms with Crippen molar-refractivity contribution in [3.8, 4) is 0 Å². The molecule has 0 atom stereocenters. The summed E-state index contributed by atoms with van der Waals surface area (Å²) in [5.74, 6) is -1.43. The summed E-state index contributed by atoms with van der Waals surface area (Å²) in [6.45, 7) is 7.86. The topological polar surface area (TPSA) is 40.6 Å². The summed E-state index contributed by atoms with van der Waals surface area (Å²) in [6.07, 6.45) is 0.449. The molecule has 0 bridgehead atoms. The minimum Gasteiger partial charge on any atom is -0.330 e. The fraction of sp³-hybridized carbons (Fsp3) is 0.500. The first-order chi connectivity index (χ1) is 9.84. The number of hydrogen-bond acceptors (Lipinski definition) is 2. The second-order valence-corrected chi connectivity index (χ2v) is 5.84. The SMILES string of the molecule is CC(C)N(C(=O)C(=O)N1CCc2c(F)cccc21)C(C)C. The Morgan fingerprint density at radius 1 is 1.19 bits per heavy atom. The Labute approximate surface area is 124 Å². The van der Waals surface area contributed by atoms with Crippen LogP contribution in [0.3, 0.4) is 0 Å². The summed E-state index contributed by atoms with van der Waals surface area (Å²) in [5.41, 5.74) is 1.03. The van der Waals surface area contributed by atoms with E-state index in [9.17, 15) is 14.0 Å². The van der Waals surface area contributed by atoms with Crippen molar-refractivity contribution in [2.45, 2.75) is 46.2 Å². The molecule has 1 aromatic carbocycles. The lowest BCUT2D eigenvalue weighted by atomic mass is 10.1. The zero-order valence-corrected chi connectivity index (χ0v) is 12.9. The number of amides is 2. The molecule has 0 fully saturated rings. The number of nitrogens with zero attached hydrogens (tertiary/aromatic N) is 2. The zero-order valence-electron chi connectivity index (χ0n) is 12.9.